The van der Waals surface area contributed by atoms with Gasteiger partial charge in [0.05, 0.1) is 6.54 Å². The molecule has 0 radical (unpaired) electrons. The third-order valence-corrected chi connectivity index (χ3v) is 5.28. The fourth-order valence-corrected chi connectivity index (χ4v) is 3.85. The number of carbonyl (C=O) groups excluding carboxylic acids is 1. The summed E-state index contributed by atoms with van der Waals surface area (Å²) in [4.78, 5) is 14.5. The third-order valence-electron chi connectivity index (χ3n) is 5.28. The Morgan fingerprint density at radius 1 is 1.04 bits per heavy atom. The highest BCUT2D eigenvalue weighted by Crippen LogP contribution is 2.26. The molecular weight excluding hydrogens is 324 g/mol. The normalized spacial score (nSPS) is 16.8. The Kier molecular flexibility index (Phi) is 4.76. The van der Waals surface area contributed by atoms with Crippen molar-refractivity contribution in [3.8, 4) is 5.75 Å². The molecule has 0 fully saturated rings. The number of nitrogens with zero attached hydrogens (tertiary/aromatic N) is 1. The van der Waals surface area contributed by atoms with Gasteiger partial charge in [-0.25, -0.2) is 0 Å². The number of fused-ring (bicyclic) bond motifs is 1. The van der Waals surface area contributed by atoms with Gasteiger partial charge in [0.1, 0.15) is 5.75 Å². The summed E-state index contributed by atoms with van der Waals surface area (Å²) >= 11 is 0. The van der Waals surface area contributed by atoms with Gasteiger partial charge in [-0.2, -0.15) is 0 Å². The average molecular weight is 348 g/mol. The first-order valence-electron chi connectivity index (χ1n) is 9.30. The van der Waals surface area contributed by atoms with Crippen molar-refractivity contribution in [3.05, 3.63) is 65.2 Å². The summed E-state index contributed by atoms with van der Waals surface area (Å²) in [5.41, 5.74) is 6.13. The molecular formula is C22H24N2O2. The van der Waals surface area contributed by atoms with E-state index in [0.717, 1.165) is 43.6 Å². The lowest BCUT2D eigenvalue weighted by molar-refractivity contribution is -0.117. The first-order chi connectivity index (χ1) is 12.7. The molecule has 2 N–H and O–H groups in total. The number of amides is 1. The van der Waals surface area contributed by atoms with Crippen molar-refractivity contribution in [2.45, 2.75) is 25.7 Å². The molecule has 2 aromatic carbocycles. The summed E-state index contributed by atoms with van der Waals surface area (Å²) in [6, 6.07) is 13.6. The highest BCUT2D eigenvalue weighted by Gasteiger charge is 2.17. The Bertz CT molecular complexity index is 840. The third kappa shape index (κ3) is 3.81. The van der Waals surface area contributed by atoms with Gasteiger partial charge in [0.15, 0.2) is 0 Å². The summed E-state index contributed by atoms with van der Waals surface area (Å²) in [7, 11) is 0. The Labute approximate surface area is 154 Å². The van der Waals surface area contributed by atoms with Crippen LogP contribution in [0.1, 0.15) is 29.5 Å². The van der Waals surface area contributed by atoms with Crippen LogP contribution in [0, 0.1) is 0 Å². The molecule has 1 amide bonds. The van der Waals surface area contributed by atoms with Crippen molar-refractivity contribution in [2.24, 2.45) is 0 Å². The predicted molar refractivity (Wildman–Crippen MR) is 104 cm³/mol. The molecule has 4 heteroatoms. The van der Waals surface area contributed by atoms with Crippen LogP contribution in [-0.4, -0.2) is 35.5 Å². The largest absolute Gasteiger partial charge is 0.508 e. The van der Waals surface area contributed by atoms with Crippen molar-refractivity contribution < 1.29 is 9.90 Å². The quantitative estimate of drug-likeness (QED) is 0.887. The second-order valence-corrected chi connectivity index (χ2v) is 7.15. The van der Waals surface area contributed by atoms with E-state index < -0.39 is 0 Å². The zero-order valence-electron chi connectivity index (χ0n) is 14.9. The summed E-state index contributed by atoms with van der Waals surface area (Å²) in [6.07, 6.45) is 6.59. The Morgan fingerprint density at radius 2 is 1.85 bits per heavy atom. The number of hydrogen-bond acceptors (Lipinski definition) is 3. The van der Waals surface area contributed by atoms with Crippen LogP contribution < -0.4 is 5.32 Å². The Hall–Kier alpha value is -2.59. The van der Waals surface area contributed by atoms with Gasteiger partial charge in [-0.1, -0.05) is 24.3 Å². The van der Waals surface area contributed by atoms with Crippen LogP contribution in [0.4, 0.5) is 5.69 Å². The van der Waals surface area contributed by atoms with E-state index in [1.54, 1.807) is 12.1 Å². The number of anilines is 1. The maximum Gasteiger partial charge on any atom is 0.238 e. The monoisotopic (exact) mass is 348 g/mol. The minimum Gasteiger partial charge on any atom is -0.508 e. The van der Waals surface area contributed by atoms with Crippen molar-refractivity contribution >= 4 is 17.2 Å². The molecule has 0 atom stereocenters. The van der Waals surface area contributed by atoms with Crippen LogP contribution in [0.5, 0.6) is 5.75 Å². The summed E-state index contributed by atoms with van der Waals surface area (Å²) in [5, 5.41) is 12.4. The van der Waals surface area contributed by atoms with Crippen molar-refractivity contribution in [3.63, 3.8) is 0 Å². The molecule has 2 aliphatic rings. The zero-order chi connectivity index (χ0) is 17.9. The summed E-state index contributed by atoms with van der Waals surface area (Å²) in [6.45, 7) is 2.05. The second kappa shape index (κ2) is 7.34. The molecule has 0 saturated carbocycles. The molecule has 1 aliphatic carbocycles. The van der Waals surface area contributed by atoms with Gasteiger partial charge in [0, 0.05) is 18.8 Å². The fourth-order valence-electron chi connectivity index (χ4n) is 3.85. The van der Waals surface area contributed by atoms with Gasteiger partial charge in [0.25, 0.3) is 0 Å². The molecule has 2 aromatic rings. The smallest absolute Gasteiger partial charge is 0.238 e. The Morgan fingerprint density at radius 3 is 2.62 bits per heavy atom. The van der Waals surface area contributed by atoms with Crippen LogP contribution in [0.3, 0.4) is 0 Å². The molecule has 0 unspecified atom stereocenters. The average Bonchev–Trinajstić information content (AvgIpc) is 3.11. The number of aryl methyl sites for hydroxylation is 2. The molecule has 134 valence electrons. The molecule has 4 rings (SSSR count). The molecule has 0 saturated heterocycles. The molecule has 0 bridgehead atoms. The lowest BCUT2D eigenvalue weighted by Crippen LogP contribution is -2.36. The number of phenols is 1. The van der Waals surface area contributed by atoms with E-state index in [9.17, 15) is 9.90 Å². The highest BCUT2D eigenvalue weighted by molar-refractivity contribution is 5.92. The van der Waals surface area contributed by atoms with Crippen molar-refractivity contribution in [1.82, 2.24) is 4.90 Å². The Balaban J connectivity index is 1.32. The lowest BCUT2D eigenvalue weighted by Gasteiger charge is -2.26. The van der Waals surface area contributed by atoms with Gasteiger partial charge in [0.2, 0.25) is 5.91 Å². The van der Waals surface area contributed by atoms with Crippen molar-refractivity contribution in [2.75, 3.05) is 25.0 Å². The summed E-state index contributed by atoms with van der Waals surface area (Å²) < 4.78 is 0. The molecule has 26 heavy (non-hydrogen) atoms. The van der Waals surface area contributed by atoms with Crippen LogP contribution in [-0.2, 0) is 17.6 Å². The van der Waals surface area contributed by atoms with E-state index in [2.05, 4.69) is 28.4 Å². The van der Waals surface area contributed by atoms with E-state index in [4.69, 9.17) is 0 Å². The van der Waals surface area contributed by atoms with Gasteiger partial charge < -0.3 is 10.4 Å². The number of phenolic OH excluding ortho intramolecular Hbond substituents is 1. The maximum absolute atomic E-state index is 12.4. The second-order valence-electron chi connectivity index (χ2n) is 7.15. The highest BCUT2D eigenvalue weighted by atomic mass is 16.3. The van der Waals surface area contributed by atoms with E-state index in [1.165, 1.54) is 23.1 Å². The first kappa shape index (κ1) is 16.9. The molecule has 4 nitrogen and oxygen atoms in total. The van der Waals surface area contributed by atoms with Crippen LogP contribution in [0.15, 0.2) is 48.5 Å². The number of benzene rings is 2. The maximum atomic E-state index is 12.4. The van der Waals surface area contributed by atoms with Crippen molar-refractivity contribution in [1.29, 1.82) is 0 Å². The minimum atomic E-state index is 0.0458. The zero-order valence-corrected chi connectivity index (χ0v) is 14.9. The number of nitrogens with one attached hydrogen (secondary N) is 1. The molecule has 0 aromatic heterocycles. The van der Waals surface area contributed by atoms with Crippen LogP contribution in [0.25, 0.3) is 5.57 Å². The number of aromatic hydroxyl groups is 1. The summed E-state index contributed by atoms with van der Waals surface area (Å²) in [5.74, 6) is 0.333. The van der Waals surface area contributed by atoms with E-state index in [0.29, 0.717) is 6.54 Å². The van der Waals surface area contributed by atoms with Crippen LogP contribution in [0.2, 0.25) is 0 Å². The first-order valence-corrected chi connectivity index (χ1v) is 9.30. The molecule has 1 aliphatic heterocycles. The minimum absolute atomic E-state index is 0.0458. The van der Waals surface area contributed by atoms with Gasteiger partial charge in [-0.3, -0.25) is 9.69 Å². The van der Waals surface area contributed by atoms with Gasteiger partial charge in [-0.15, -0.1) is 0 Å². The standard InChI is InChI=1S/C22H24N2O2/c25-21-8-5-17(6-9-21)18-10-12-24(13-11-18)15-22(26)23-20-7-4-16-2-1-3-19(16)14-20/h4-10,14,25H,1-3,11-13,15H2,(H,23,26). The predicted octanol–water partition coefficient (Wildman–Crippen LogP) is 3.61. The van der Waals surface area contributed by atoms with Crippen LogP contribution >= 0.6 is 0 Å². The van der Waals surface area contributed by atoms with Gasteiger partial charge >= 0.3 is 0 Å². The lowest BCUT2D eigenvalue weighted by atomic mass is 9.99. The van der Waals surface area contributed by atoms with E-state index in [-0.39, 0.29) is 11.7 Å². The topological polar surface area (TPSA) is 52.6 Å². The number of hydrogen-bond donors (Lipinski definition) is 2. The van der Waals surface area contributed by atoms with E-state index >= 15 is 0 Å². The SMILES string of the molecule is O=C(CN1CC=C(c2ccc(O)cc2)CC1)Nc1ccc2c(c1)CCC2. The molecule has 0 spiro atoms. The van der Waals surface area contributed by atoms with E-state index in [1.807, 2.05) is 18.2 Å². The molecule has 1 heterocycles. The fraction of sp³-hybridized carbons (Fsp3) is 0.318. The number of carbonyl (C=O) groups is 1. The van der Waals surface area contributed by atoms with Gasteiger partial charge in [-0.05, 0) is 72.2 Å². The number of rotatable bonds is 4.